The quantitative estimate of drug-likeness (QED) is 0.770. The minimum Gasteiger partial charge on any atom is -0.507 e. The number of nitrogens with one attached hydrogen (secondary N) is 1. The first-order valence-corrected chi connectivity index (χ1v) is 7.82. The van der Waals surface area contributed by atoms with Crippen molar-refractivity contribution >= 4 is 36.2 Å². The van der Waals surface area contributed by atoms with Crippen molar-refractivity contribution in [2.75, 3.05) is 26.2 Å². The minimum atomic E-state index is -1.55. The van der Waals surface area contributed by atoms with Gasteiger partial charge in [0.2, 0.25) is 0 Å². The summed E-state index contributed by atoms with van der Waals surface area (Å²) in [6.45, 7) is 2.68. The summed E-state index contributed by atoms with van der Waals surface area (Å²) < 4.78 is 41.2. The van der Waals surface area contributed by atoms with E-state index in [1.54, 1.807) is 6.07 Å². The van der Waals surface area contributed by atoms with Crippen LogP contribution in [-0.2, 0) is 0 Å². The van der Waals surface area contributed by atoms with Crippen LogP contribution in [-0.4, -0.2) is 36.2 Å². The van der Waals surface area contributed by atoms with Gasteiger partial charge in [0.05, 0.1) is 11.6 Å². The molecule has 0 bridgehead atoms. The van der Waals surface area contributed by atoms with Gasteiger partial charge in [-0.25, -0.2) is 13.2 Å². The third-order valence-electron chi connectivity index (χ3n) is 3.78. The molecule has 1 aromatic heterocycles. The highest BCUT2D eigenvalue weighted by atomic mass is 35.5. The molecule has 0 radical (unpaired) electrons. The third-order valence-corrected chi connectivity index (χ3v) is 4.71. The van der Waals surface area contributed by atoms with Gasteiger partial charge in [-0.1, -0.05) is 6.07 Å². The van der Waals surface area contributed by atoms with Crippen LogP contribution in [0.1, 0.15) is 16.5 Å². The maximum Gasteiger partial charge on any atom is 0.195 e. The lowest BCUT2D eigenvalue weighted by molar-refractivity contribution is 0.193. The Labute approximate surface area is 154 Å². The molecule has 0 amide bonds. The molecule has 1 fully saturated rings. The summed E-state index contributed by atoms with van der Waals surface area (Å²) in [5.41, 5.74) is -0.205. The summed E-state index contributed by atoms with van der Waals surface area (Å²) >= 11 is 1.39. The summed E-state index contributed by atoms with van der Waals surface area (Å²) in [5, 5.41) is 15.0. The highest BCUT2D eigenvalue weighted by Crippen LogP contribution is 2.39. The fourth-order valence-corrected chi connectivity index (χ4v) is 3.62. The zero-order valence-electron chi connectivity index (χ0n) is 12.5. The van der Waals surface area contributed by atoms with Crippen molar-refractivity contribution in [3.05, 3.63) is 51.5 Å². The first-order valence-electron chi connectivity index (χ1n) is 6.94. The Bertz CT molecular complexity index is 667. The van der Waals surface area contributed by atoms with Gasteiger partial charge in [-0.2, -0.15) is 0 Å². The molecule has 1 atom stereocenters. The van der Waals surface area contributed by atoms with Crippen LogP contribution in [0.5, 0.6) is 5.75 Å². The molecule has 0 saturated carbocycles. The first-order chi connectivity index (χ1) is 10.6. The summed E-state index contributed by atoms with van der Waals surface area (Å²) in [6.07, 6.45) is 0. The SMILES string of the molecule is Cl.Cl.Oc1cc(F)c(F)c(F)c1[C@@H](c1cccs1)N1CCNCC1. The van der Waals surface area contributed by atoms with Gasteiger partial charge in [0.15, 0.2) is 17.5 Å². The molecule has 0 unspecified atom stereocenters. The summed E-state index contributed by atoms with van der Waals surface area (Å²) in [4.78, 5) is 2.74. The van der Waals surface area contributed by atoms with Crippen LogP contribution in [0, 0.1) is 17.5 Å². The molecule has 2 aromatic rings. The van der Waals surface area contributed by atoms with Gasteiger partial charge in [0.25, 0.3) is 0 Å². The van der Waals surface area contributed by atoms with Crippen molar-refractivity contribution in [2.45, 2.75) is 6.04 Å². The van der Waals surface area contributed by atoms with Crippen LogP contribution in [0.25, 0.3) is 0 Å². The lowest BCUT2D eigenvalue weighted by atomic mass is 10.00. The largest absolute Gasteiger partial charge is 0.507 e. The predicted molar refractivity (Wildman–Crippen MR) is 93.1 cm³/mol. The molecule has 134 valence electrons. The lowest BCUT2D eigenvalue weighted by Gasteiger charge is -2.35. The van der Waals surface area contributed by atoms with Gasteiger partial charge in [0.1, 0.15) is 5.75 Å². The zero-order chi connectivity index (χ0) is 15.7. The average Bonchev–Trinajstić information content (AvgIpc) is 3.04. The van der Waals surface area contributed by atoms with Crippen LogP contribution in [0.15, 0.2) is 23.6 Å². The van der Waals surface area contributed by atoms with E-state index in [2.05, 4.69) is 5.32 Å². The van der Waals surface area contributed by atoms with Crippen molar-refractivity contribution in [1.29, 1.82) is 0 Å². The van der Waals surface area contributed by atoms with E-state index in [-0.39, 0.29) is 30.4 Å². The maximum atomic E-state index is 14.3. The van der Waals surface area contributed by atoms with Crippen LogP contribution in [0.2, 0.25) is 0 Å². The second-order valence-electron chi connectivity index (χ2n) is 5.12. The lowest BCUT2D eigenvalue weighted by Crippen LogP contribution is -2.45. The van der Waals surface area contributed by atoms with Crippen molar-refractivity contribution in [1.82, 2.24) is 10.2 Å². The number of halogens is 5. The van der Waals surface area contributed by atoms with Gasteiger partial charge >= 0.3 is 0 Å². The minimum absolute atomic E-state index is 0. The fraction of sp³-hybridized carbons (Fsp3) is 0.333. The second-order valence-corrected chi connectivity index (χ2v) is 6.10. The van der Waals surface area contributed by atoms with Gasteiger partial charge in [-0.05, 0) is 11.4 Å². The van der Waals surface area contributed by atoms with E-state index in [0.717, 1.165) is 4.88 Å². The Balaban J connectivity index is 0.00000144. The highest BCUT2D eigenvalue weighted by Gasteiger charge is 2.32. The monoisotopic (exact) mass is 400 g/mol. The van der Waals surface area contributed by atoms with E-state index in [4.69, 9.17) is 0 Å². The molecule has 1 aliphatic heterocycles. The molecule has 9 heteroatoms. The number of rotatable bonds is 3. The Morgan fingerprint density at radius 3 is 2.38 bits per heavy atom. The van der Waals surface area contributed by atoms with Crippen LogP contribution >= 0.6 is 36.2 Å². The van der Waals surface area contributed by atoms with Crippen molar-refractivity contribution < 1.29 is 18.3 Å². The van der Waals surface area contributed by atoms with Crippen LogP contribution in [0.4, 0.5) is 13.2 Å². The first kappa shape index (κ1) is 21.1. The Kier molecular flexibility index (Phi) is 7.82. The summed E-state index contributed by atoms with van der Waals surface area (Å²) in [6, 6.07) is 3.62. The van der Waals surface area contributed by atoms with E-state index < -0.39 is 29.2 Å². The fourth-order valence-electron chi connectivity index (χ4n) is 2.75. The number of hydrogen-bond donors (Lipinski definition) is 2. The van der Waals surface area contributed by atoms with E-state index in [9.17, 15) is 18.3 Å². The predicted octanol–water partition coefficient (Wildman–Crippen LogP) is 3.71. The van der Waals surface area contributed by atoms with E-state index in [1.165, 1.54) is 11.3 Å². The molecule has 0 spiro atoms. The maximum absolute atomic E-state index is 14.3. The van der Waals surface area contributed by atoms with Crippen molar-refractivity contribution in [3.63, 3.8) is 0 Å². The highest BCUT2D eigenvalue weighted by molar-refractivity contribution is 7.10. The number of thiophene rings is 1. The third kappa shape index (κ3) is 3.97. The number of piperazine rings is 1. The molecule has 3 nitrogen and oxygen atoms in total. The van der Waals surface area contributed by atoms with Gasteiger partial charge in [-0.15, -0.1) is 36.2 Å². The van der Waals surface area contributed by atoms with E-state index >= 15 is 0 Å². The number of aromatic hydroxyl groups is 1. The number of nitrogens with zero attached hydrogens (tertiary/aromatic N) is 1. The molecular formula is C15H17Cl2F3N2OS. The average molecular weight is 401 g/mol. The molecule has 2 heterocycles. The van der Waals surface area contributed by atoms with Crippen LogP contribution in [0.3, 0.4) is 0 Å². The molecule has 1 saturated heterocycles. The molecule has 2 N–H and O–H groups in total. The molecule has 3 rings (SSSR count). The van der Waals surface area contributed by atoms with Crippen LogP contribution < -0.4 is 5.32 Å². The number of phenols is 1. The molecule has 0 aliphatic carbocycles. The molecule has 1 aromatic carbocycles. The van der Waals surface area contributed by atoms with E-state index in [1.807, 2.05) is 16.3 Å². The van der Waals surface area contributed by atoms with Gasteiger partial charge < -0.3 is 10.4 Å². The summed E-state index contributed by atoms with van der Waals surface area (Å²) in [5.74, 6) is -4.82. The Morgan fingerprint density at radius 2 is 1.79 bits per heavy atom. The standard InChI is InChI=1S/C15H15F3N2OS.2ClH/c16-9-8-10(21)12(14(18)13(9)17)15(11-2-1-7-22-11)20-5-3-19-4-6-20;;/h1-2,7-8,15,19,21H,3-6H2;2*1H/t15-;;/m1../s1. The summed E-state index contributed by atoms with van der Waals surface area (Å²) in [7, 11) is 0. The molecule has 1 aliphatic rings. The number of phenolic OH excluding ortho intramolecular Hbond substituents is 1. The molecule has 24 heavy (non-hydrogen) atoms. The normalized spacial score (nSPS) is 16.1. The number of hydrogen-bond acceptors (Lipinski definition) is 4. The number of benzene rings is 1. The topological polar surface area (TPSA) is 35.5 Å². The second kappa shape index (κ2) is 8.92. The Hall–Kier alpha value is -0.990. The molecular weight excluding hydrogens is 384 g/mol. The zero-order valence-corrected chi connectivity index (χ0v) is 14.9. The van der Waals surface area contributed by atoms with E-state index in [0.29, 0.717) is 32.2 Å². The Morgan fingerprint density at radius 1 is 1.12 bits per heavy atom. The van der Waals surface area contributed by atoms with Gasteiger partial charge in [-0.3, -0.25) is 4.90 Å². The van der Waals surface area contributed by atoms with Crippen molar-refractivity contribution in [3.8, 4) is 5.75 Å². The van der Waals surface area contributed by atoms with Crippen molar-refractivity contribution in [2.24, 2.45) is 0 Å². The smallest absolute Gasteiger partial charge is 0.195 e. The van der Waals surface area contributed by atoms with Gasteiger partial charge in [0, 0.05) is 37.1 Å².